The summed E-state index contributed by atoms with van der Waals surface area (Å²) in [4.78, 5) is 14.0. The predicted molar refractivity (Wildman–Crippen MR) is 119 cm³/mol. The number of ether oxygens (including phenoxy) is 3. The molecular formula is C24H34N2O6. The van der Waals surface area contributed by atoms with Crippen LogP contribution in [0.25, 0.3) is 11.0 Å². The topological polar surface area (TPSA) is 94.3 Å². The lowest BCUT2D eigenvalue weighted by atomic mass is 9.95. The number of rotatable bonds is 5. The molecule has 0 atom stereocenters. The lowest BCUT2D eigenvalue weighted by Gasteiger charge is -2.33. The molecule has 2 aliphatic rings. The van der Waals surface area contributed by atoms with E-state index in [1.165, 1.54) is 0 Å². The van der Waals surface area contributed by atoms with Crippen LogP contribution in [0, 0.1) is 5.92 Å². The molecule has 0 spiro atoms. The molecule has 0 radical (unpaired) electrons. The van der Waals surface area contributed by atoms with Crippen LogP contribution in [0.5, 0.6) is 11.6 Å². The van der Waals surface area contributed by atoms with Gasteiger partial charge in [-0.25, -0.2) is 4.79 Å². The van der Waals surface area contributed by atoms with Crippen LogP contribution in [0.1, 0.15) is 59.3 Å². The maximum atomic E-state index is 12.3. The average Bonchev–Trinajstić information content (AvgIpc) is 3.17. The van der Waals surface area contributed by atoms with Crippen LogP contribution < -0.4 is 9.47 Å². The average molecular weight is 447 g/mol. The van der Waals surface area contributed by atoms with Gasteiger partial charge >= 0.3 is 6.09 Å². The Morgan fingerprint density at radius 2 is 1.88 bits per heavy atom. The second kappa shape index (κ2) is 9.57. The van der Waals surface area contributed by atoms with E-state index in [0.717, 1.165) is 43.9 Å². The van der Waals surface area contributed by atoms with Crippen LogP contribution >= 0.6 is 0 Å². The normalized spacial score (nSPS) is 22.7. The highest BCUT2D eigenvalue weighted by molar-refractivity contribution is 5.88. The minimum absolute atomic E-state index is 0.0731. The zero-order chi connectivity index (χ0) is 22.7. The molecule has 0 unspecified atom stereocenters. The molecule has 1 saturated heterocycles. The molecule has 1 N–H and O–H groups in total. The molecule has 1 saturated carbocycles. The molecule has 4 rings (SSSR count). The molecule has 1 amide bonds. The standard InChI is InChI=1S/C24H34N2O6/c1-24(2,3)31-23(28)26-13-11-16(12-14-26)15-29-22-21-19(5-4-6-20(21)32-25-22)30-18-9-7-17(27)8-10-18/h4-6,16-18,27H,7-15H2,1-3H3. The number of likely N-dealkylation sites (tertiary alicyclic amines) is 1. The van der Waals surface area contributed by atoms with Gasteiger partial charge in [0.15, 0.2) is 5.58 Å². The van der Waals surface area contributed by atoms with E-state index >= 15 is 0 Å². The van der Waals surface area contributed by atoms with E-state index in [0.29, 0.717) is 42.8 Å². The third kappa shape index (κ3) is 5.65. The number of carbonyl (C=O) groups is 1. The van der Waals surface area contributed by atoms with Gasteiger partial charge < -0.3 is 28.7 Å². The van der Waals surface area contributed by atoms with Gasteiger partial charge in [-0.1, -0.05) is 6.07 Å². The number of hydrogen-bond donors (Lipinski definition) is 1. The largest absolute Gasteiger partial charge is 0.489 e. The van der Waals surface area contributed by atoms with Gasteiger partial charge in [0.1, 0.15) is 16.7 Å². The molecule has 8 heteroatoms. The summed E-state index contributed by atoms with van der Waals surface area (Å²) in [6, 6.07) is 5.65. The van der Waals surface area contributed by atoms with E-state index in [1.807, 2.05) is 39.0 Å². The summed E-state index contributed by atoms with van der Waals surface area (Å²) in [6.07, 6.45) is 4.48. The monoisotopic (exact) mass is 446 g/mol. The number of aliphatic hydroxyl groups is 1. The number of carbonyl (C=O) groups excluding carboxylic acids is 1. The third-order valence-corrected chi connectivity index (χ3v) is 6.09. The molecule has 176 valence electrons. The molecule has 1 aliphatic carbocycles. The molecule has 32 heavy (non-hydrogen) atoms. The Morgan fingerprint density at radius 3 is 2.56 bits per heavy atom. The van der Waals surface area contributed by atoms with Crippen molar-refractivity contribution in [2.75, 3.05) is 19.7 Å². The second-order valence-electron chi connectivity index (χ2n) is 9.89. The SMILES string of the molecule is CC(C)(C)OC(=O)N1CCC(COc2noc3cccc(OC4CCC(O)CC4)c23)CC1. The number of hydrogen-bond acceptors (Lipinski definition) is 7. The van der Waals surface area contributed by atoms with Crippen molar-refractivity contribution in [3.8, 4) is 11.6 Å². The van der Waals surface area contributed by atoms with Crippen molar-refractivity contribution in [3.05, 3.63) is 18.2 Å². The summed E-state index contributed by atoms with van der Waals surface area (Å²) >= 11 is 0. The molecule has 1 aliphatic heterocycles. The number of nitrogens with zero attached hydrogens (tertiary/aromatic N) is 2. The third-order valence-electron chi connectivity index (χ3n) is 6.09. The Balaban J connectivity index is 1.34. The fourth-order valence-corrected chi connectivity index (χ4v) is 4.28. The smallest absolute Gasteiger partial charge is 0.410 e. The van der Waals surface area contributed by atoms with Crippen LogP contribution in [-0.4, -0.2) is 58.8 Å². The summed E-state index contributed by atoms with van der Waals surface area (Å²) < 4.78 is 23.2. The zero-order valence-corrected chi connectivity index (χ0v) is 19.2. The lowest BCUT2D eigenvalue weighted by Crippen LogP contribution is -2.42. The van der Waals surface area contributed by atoms with Crippen LogP contribution in [0.3, 0.4) is 0 Å². The van der Waals surface area contributed by atoms with Gasteiger partial charge in [-0.3, -0.25) is 0 Å². The van der Waals surface area contributed by atoms with E-state index in [1.54, 1.807) is 4.90 Å². The first kappa shape index (κ1) is 22.7. The van der Waals surface area contributed by atoms with Crippen LogP contribution in [-0.2, 0) is 4.74 Å². The van der Waals surface area contributed by atoms with Crippen molar-refractivity contribution in [2.24, 2.45) is 5.92 Å². The minimum atomic E-state index is -0.484. The maximum absolute atomic E-state index is 12.3. The molecule has 2 aromatic rings. The van der Waals surface area contributed by atoms with E-state index < -0.39 is 5.60 Å². The Kier molecular flexibility index (Phi) is 6.79. The van der Waals surface area contributed by atoms with Crippen molar-refractivity contribution in [3.63, 3.8) is 0 Å². The maximum Gasteiger partial charge on any atom is 0.410 e. The lowest BCUT2D eigenvalue weighted by molar-refractivity contribution is 0.0163. The van der Waals surface area contributed by atoms with Gasteiger partial charge in [0.25, 0.3) is 5.88 Å². The first-order valence-electron chi connectivity index (χ1n) is 11.6. The number of aromatic nitrogens is 1. The number of piperidine rings is 1. The number of fused-ring (bicyclic) bond motifs is 1. The van der Waals surface area contributed by atoms with Crippen molar-refractivity contribution in [2.45, 2.75) is 77.1 Å². The summed E-state index contributed by atoms with van der Waals surface area (Å²) in [5.74, 6) is 1.48. The van der Waals surface area contributed by atoms with Crippen molar-refractivity contribution in [1.29, 1.82) is 0 Å². The van der Waals surface area contributed by atoms with E-state index in [9.17, 15) is 9.90 Å². The van der Waals surface area contributed by atoms with E-state index in [4.69, 9.17) is 18.7 Å². The first-order valence-corrected chi connectivity index (χ1v) is 11.6. The van der Waals surface area contributed by atoms with Gasteiger partial charge in [-0.15, -0.1) is 0 Å². The molecule has 8 nitrogen and oxygen atoms in total. The van der Waals surface area contributed by atoms with E-state index in [2.05, 4.69) is 5.16 Å². The predicted octanol–water partition coefficient (Wildman–Crippen LogP) is 4.54. The molecule has 1 aromatic carbocycles. The fraction of sp³-hybridized carbons (Fsp3) is 0.667. The van der Waals surface area contributed by atoms with Crippen molar-refractivity contribution < 1.29 is 28.6 Å². The summed E-state index contributed by atoms with van der Waals surface area (Å²) in [5, 5.41) is 14.6. The van der Waals surface area contributed by atoms with Gasteiger partial charge in [0.05, 0.1) is 18.8 Å². The quantitative estimate of drug-likeness (QED) is 0.721. The summed E-state index contributed by atoms with van der Waals surface area (Å²) in [6.45, 7) is 7.46. The molecule has 2 fully saturated rings. The van der Waals surface area contributed by atoms with Crippen molar-refractivity contribution >= 4 is 17.1 Å². The Labute approximate surface area is 188 Å². The van der Waals surface area contributed by atoms with Gasteiger partial charge in [0.2, 0.25) is 0 Å². The van der Waals surface area contributed by atoms with Crippen LogP contribution in [0.2, 0.25) is 0 Å². The van der Waals surface area contributed by atoms with Crippen molar-refractivity contribution in [1.82, 2.24) is 10.1 Å². The molecular weight excluding hydrogens is 412 g/mol. The molecule has 1 aromatic heterocycles. The number of amides is 1. The highest BCUT2D eigenvalue weighted by atomic mass is 16.6. The number of aliphatic hydroxyl groups excluding tert-OH is 1. The molecule has 0 bridgehead atoms. The minimum Gasteiger partial charge on any atom is -0.489 e. The summed E-state index contributed by atoms with van der Waals surface area (Å²) in [7, 11) is 0. The Bertz CT molecular complexity index is 905. The van der Waals surface area contributed by atoms with Gasteiger partial charge in [-0.2, -0.15) is 0 Å². The Morgan fingerprint density at radius 1 is 1.16 bits per heavy atom. The van der Waals surface area contributed by atoms with E-state index in [-0.39, 0.29) is 18.3 Å². The highest BCUT2D eigenvalue weighted by Crippen LogP contribution is 2.36. The summed E-state index contributed by atoms with van der Waals surface area (Å²) in [5.41, 5.74) is 0.149. The highest BCUT2D eigenvalue weighted by Gasteiger charge is 2.28. The zero-order valence-electron chi connectivity index (χ0n) is 19.2. The number of benzene rings is 1. The van der Waals surface area contributed by atoms with Crippen LogP contribution in [0.4, 0.5) is 4.79 Å². The fourth-order valence-electron chi connectivity index (χ4n) is 4.28. The van der Waals surface area contributed by atoms with Gasteiger partial charge in [0, 0.05) is 13.1 Å². The molecule has 2 heterocycles. The first-order chi connectivity index (χ1) is 15.3. The Hall–Kier alpha value is -2.48. The second-order valence-corrected chi connectivity index (χ2v) is 9.89. The van der Waals surface area contributed by atoms with Gasteiger partial charge in [-0.05, 0) is 82.5 Å². The van der Waals surface area contributed by atoms with Crippen LogP contribution in [0.15, 0.2) is 22.7 Å².